The fourth-order valence-electron chi connectivity index (χ4n) is 2.02. The monoisotopic (exact) mass is 288 g/mol. The number of fused-ring (bicyclic) bond motifs is 1. The van der Waals surface area contributed by atoms with E-state index < -0.39 is 11.7 Å². The van der Waals surface area contributed by atoms with Gasteiger partial charge in [0.25, 0.3) is 0 Å². The van der Waals surface area contributed by atoms with Gasteiger partial charge < -0.3 is 0 Å². The highest BCUT2D eigenvalue weighted by Crippen LogP contribution is 2.30. The summed E-state index contributed by atoms with van der Waals surface area (Å²) in [5.74, 6) is 0. The lowest BCUT2D eigenvalue weighted by Gasteiger charge is -2.08. The average Bonchev–Trinajstić information content (AvgIpc) is 2.85. The van der Waals surface area contributed by atoms with Gasteiger partial charge in [0, 0.05) is 6.20 Å². The summed E-state index contributed by atoms with van der Waals surface area (Å²) in [5, 5.41) is 13.1. The molecule has 0 saturated carbocycles. The van der Waals surface area contributed by atoms with Crippen LogP contribution >= 0.6 is 0 Å². The summed E-state index contributed by atoms with van der Waals surface area (Å²) in [5.41, 5.74) is 0.808. The van der Waals surface area contributed by atoms with Gasteiger partial charge in [-0.05, 0) is 36.4 Å². The highest BCUT2D eigenvalue weighted by atomic mass is 19.4. The molecule has 21 heavy (non-hydrogen) atoms. The Morgan fingerprint density at radius 3 is 2.43 bits per heavy atom. The van der Waals surface area contributed by atoms with Gasteiger partial charge in [-0.3, -0.25) is 4.98 Å². The summed E-state index contributed by atoms with van der Waals surface area (Å²) in [6, 6.07) is 9.87. The fourth-order valence-corrected chi connectivity index (χ4v) is 2.02. The molecule has 0 N–H and O–H groups in total. The van der Waals surface area contributed by atoms with Crippen LogP contribution in [-0.2, 0) is 6.18 Å². The van der Waals surface area contributed by atoms with Crippen molar-refractivity contribution in [1.29, 1.82) is 5.26 Å². The van der Waals surface area contributed by atoms with E-state index >= 15 is 0 Å². The molecule has 3 rings (SSSR count). The number of rotatable bonds is 1. The molecule has 0 atom stereocenters. The standard InChI is InChI=1S/C14H7F3N4/c15-14(16,17)9-3-5-10(6-4-9)21-12-2-1-7-19-13(12)11(8-18)20-21/h1-7H. The average molecular weight is 288 g/mol. The Hall–Kier alpha value is -2.88. The molecule has 3 aromatic rings. The minimum absolute atomic E-state index is 0.130. The van der Waals surface area contributed by atoms with Crippen LogP contribution in [0, 0.1) is 11.3 Å². The van der Waals surface area contributed by atoms with Gasteiger partial charge in [-0.2, -0.15) is 23.5 Å². The Balaban J connectivity index is 2.15. The molecule has 104 valence electrons. The lowest BCUT2D eigenvalue weighted by molar-refractivity contribution is -0.137. The number of nitrogens with zero attached hydrogens (tertiary/aromatic N) is 4. The van der Waals surface area contributed by atoms with Crippen LogP contribution in [0.25, 0.3) is 16.7 Å². The maximum atomic E-state index is 12.6. The first-order chi connectivity index (χ1) is 10.0. The number of nitriles is 1. The number of alkyl halides is 3. The largest absolute Gasteiger partial charge is 0.416 e. The molecule has 2 heterocycles. The maximum Gasteiger partial charge on any atom is 0.416 e. The maximum absolute atomic E-state index is 12.6. The van der Waals surface area contributed by atoms with Crippen molar-refractivity contribution in [3.63, 3.8) is 0 Å². The molecule has 0 bridgehead atoms. The van der Waals surface area contributed by atoms with Crippen molar-refractivity contribution >= 4 is 11.0 Å². The second kappa shape index (κ2) is 4.59. The third-order valence-electron chi connectivity index (χ3n) is 2.98. The van der Waals surface area contributed by atoms with Crippen molar-refractivity contribution in [2.24, 2.45) is 0 Å². The van der Waals surface area contributed by atoms with E-state index in [2.05, 4.69) is 10.1 Å². The van der Waals surface area contributed by atoms with Crippen molar-refractivity contribution in [3.8, 4) is 11.8 Å². The van der Waals surface area contributed by atoms with Gasteiger partial charge >= 0.3 is 6.18 Å². The number of pyridine rings is 1. The predicted octanol–water partition coefficient (Wildman–Crippen LogP) is 3.31. The molecule has 1 aromatic carbocycles. The molecule has 4 nitrogen and oxygen atoms in total. The third-order valence-corrected chi connectivity index (χ3v) is 2.98. The van der Waals surface area contributed by atoms with E-state index in [1.54, 1.807) is 12.1 Å². The minimum atomic E-state index is -4.38. The van der Waals surface area contributed by atoms with Gasteiger partial charge in [0.15, 0.2) is 5.69 Å². The number of benzene rings is 1. The Morgan fingerprint density at radius 2 is 1.81 bits per heavy atom. The molecule has 0 aliphatic carbocycles. The van der Waals surface area contributed by atoms with E-state index in [9.17, 15) is 13.2 Å². The van der Waals surface area contributed by atoms with E-state index in [-0.39, 0.29) is 5.69 Å². The summed E-state index contributed by atoms with van der Waals surface area (Å²) >= 11 is 0. The van der Waals surface area contributed by atoms with Gasteiger partial charge in [0.1, 0.15) is 11.6 Å². The summed E-state index contributed by atoms with van der Waals surface area (Å²) in [6.07, 6.45) is -2.86. The Labute approximate surface area is 117 Å². The van der Waals surface area contributed by atoms with E-state index in [1.807, 2.05) is 6.07 Å². The molecule has 0 unspecified atom stereocenters. The van der Waals surface area contributed by atoms with Crippen molar-refractivity contribution in [2.45, 2.75) is 6.18 Å². The van der Waals surface area contributed by atoms with Crippen LogP contribution in [0.3, 0.4) is 0 Å². The molecule has 0 radical (unpaired) electrons. The molecule has 0 amide bonds. The lowest BCUT2D eigenvalue weighted by Crippen LogP contribution is -2.05. The molecular formula is C14H7F3N4. The van der Waals surface area contributed by atoms with Gasteiger partial charge in [-0.15, -0.1) is 0 Å². The quantitative estimate of drug-likeness (QED) is 0.690. The van der Waals surface area contributed by atoms with Gasteiger partial charge in [0.05, 0.1) is 16.8 Å². The highest BCUT2D eigenvalue weighted by molar-refractivity contribution is 5.81. The first-order valence-electron chi connectivity index (χ1n) is 5.92. The molecule has 0 fully saturated rings. The topological polar surface area (TPSA) is 54.5 Å². The van der Waals surface area contributed by atoms with Gasteiger partial charge in [-0.1, -0.05) is 0 Å². The van der Waals surface area contributed by atoms with Crippen LogP contribution in [-0.4, -0.2) is 14.8 Å². The second-order valence-corrected chi connectivity index (χ2v) is 4.29. The van der Waals surface area contributed by atoms with Crippen LogP contribution in [0.4, 0.5) is 13.2 Å². The second-order valence-electron chi connectivity index (χ2n) is 4.29. The van der Waals surface area contributed by atoms with E-state index in [0.717, 1.165) is 12.1 Å². The van der Waals surface area contributed by atoms with E-state index in [4.69, 9.17) is 5.26 Å². The first kappa shape index (κ1) is 13.1. The number of halogens is 3. The molecule has 0 aliphatic heterocycles. The molecule has 0 aliphatic rings. The summed E-state index contributed by atoms with van der Waals surface area (Å²) in [7, 11) is 0. The first-order valence-corrected chi connectivity index (χ1v) is 5.92. The highest BCUT2D eigenvalue weighted by Gasteiger charge is 2.30. The predicted molar refractivity (Wildman–Crippen MR) is 68.6 cm³/mol. The van der Waals surface area contributed by atoms with Crippen molar-refractivity contribution in [2.75, 3.05) is 0 Å². The van der Waals surface area contributed by atoms with Crippen molar-refractivity contribution in [1.82, 2.24) is 14.8 Å². The van der Waals surface area contributed by atoms with Crippen LogP contribution in [0.5, 0.6) is 0 Å². The number of hydrogen-bond donors (Lipinski definition) is 0. The Morgan fingerprint density at radius 1 is 1.10 bits per heavy atom. The SMILES string of the molecule is N#Cc1nn(-c2ccc(C(F)(F)F)cc2)c2cccnc12. The molecule has 0 spiro atoms. The molecular weight excluding hydrogens is 281 g/mol. The smallest absolute Gasteiger partial charge is 0.251 e. The molecule has 0 saturated heterocycles. The molecule has 7 heteroatoms. The zero-order valence-corrected chi connectivity index (χ0v) is 10.5. The summed E-state index contributed by atoms with van der Waals surface area (Å²) in [6.45, 7) is 0. The zero-order chi connectivity index (χ0) is 15.0. The van der Waals surface area contributed by atoms with Crippen LogP contribution in [0.15, 0.2) is 42.6 Å². The normalized spacial score (nSPS) is 11.5. The van der Waals surface area contributed by atoms with Gasteiger partial charge in [-0.25, -0.2) is 4.68 Å². The Kier molecular flexibility index (Phi) is 2.87. The van der Waals surface area contributed by atoms with Crippen LogP contribution in [0.1, 0.15) is 11.3 Å². The van der Waals surface area contributed by atoms with Crippen LogP contribution < -0.4 is 0 Å². The fraction of sp³-hybridized carbons (Fsp3) is 0.0714. The third kappa shape index (κ3) is 2.21. The van der Waals surface area contributed by atoms with E-state index in [0.29, 0.717) is 16.7 Å². The van der Waals surface area contributed by atoms with Crippen molar-refractivity contribution in [3.05, 3.63) is 53.9 Å². The molecule has 2 aromatic heterocycles. The van der Waals surface area contributed by atoms with Crippen molar-refractivity contribution < 1.29 is 13.2 Å². The van der Waals surface area contributed by atoms with Crippen LogP contribution in [0.2, 0.25) is 0 Å². The number of hydrogen-bond acceptors (Lipinski definition) is 3. The Bertz CT molecular complexity index is 841. The minimum Gasteiger partial charge on any atom is -0.251 e. The summed E-state index contributed by atoms with van der Waals surface area (Å²) in [4.78, 5) is 4.07. The number of aromatic nitrogens is 3. The zero-order valence-electron chi connectivity index (χ0n) is 10.5. The lowest BCUT2D eigenvalue weighted by atomic mass is 10.2. The van der Waals surface area contributed by atoms with E-state index in [1.165, 1.54) is 23.0 Å². The summed E-state index contributed by atoms with van der Waals surface area (Å²) < 4.78 is 39.1. The van der Waals surface area contributed by atoms with Gasteiger partial charge in [0.2, 0.25) is 0 Å².